The summed E-state index contributed by atoms with van der Waals surface area (Å²) in [6.07, 6.45) is 3.04. The van der Waals surface area contributed by atoms with Gasteiger partial charge < -0.3 is 15.0 Å². The van der Waals surface area contributed by atoms with Gasteiger partial charge in [-0.15, -0.1) is 0 Å². The van der Waals surface area contributed by atoms with E-state index in [2.05, 4.69) is 5.32 Å². The Hall–Kier alpha value is -2.33. The van der Waals surface area contributed by atoms with E-state index < -0.39 is 0 Å². The van der Waals surface area contributed by atoms with Crippen LogP contribution in [-0.4, -0.2) is 25.5 Å². The highest BCUT2D eigenvalue weighted by molar-refractivity contribution is 6.00. The van der Waals surface area contributed by atoms with E-state index in [0.717, 1.165) is 56.1 Å². The van der Waals surface area contributed by atoms with Crippen LogP contribution >= 0.6 is 0 Å². The Labute approximate surface area is 142 Å². The van der Waals surface area contributed by atoms with E-state index in [4.69, 9.17) is 4.74 Å². The molecule has 2 aliphatic heterocycles. The molecular weight excluding hydrogens is 300 g/mol. The number of carbonyl (C=O) groups is 1. The SMILES string of the molecule is O=C1N(c2ccc(Oc3ccccc3)cc2)CC[C@]12CCCNC2. The second-order valence-electron chi connectivity index (χ2n) is 6.68. The molecular formula is C20H22N2O2. The average molecular weight is 322 g/mol. The van der Waals surface area contributed by atoms with Gasteiger partial charge in [0.05, 0.1) is 5.41 Å². The smallest absolute Gasteiger partial charge is 0.234 e. The molecule has 2 fully saturated rings. The number of nitrogens with one attached hydrogen (secondary N) is 1. The first-order chi connectivity index (χ1) is 11.8. The second kappa shape index (κ2) is 6.29. The highest BCUT2D eigenvalue weighted by Gasteiger charge is 2.47. The maximum absolute atomic E-state index is 12.9. The number of nitrogens with zero attached hydrogens (tertiary/aromatic N) is 1. The minimum atomic E-state index is -0.183. The molecule has 1 atom stereocenters. The van der Waals surface area contributed by atoms with Crippen molar-refractivity contribution in [1.29, 1.82) is 0 Å². The molecule has 4 nitrogen and oxygen atoms in total. The number of anilines is 1. The summed E-state index contributed by atoms with van der Waals surface area (Å²) in [6, 6.07) is 17.5. The Bertz CT molecular complexity index is 706. The number of hydrogen-bond acceptors (Lipinski definition) is 3. The molecule has 2 saturated heterocycles. The van der Waals surface area contributed by atoms with Gasteiger partial charge in [-0.3, -0.25) is 4.79 Å². The van der Waals surface area contributed by atoms with Crippen LogP contribution in [-0.2, 0) is 4.79 Å². The van der Waals surface area contributed by atoms with Crippen molar-refractivity contribution in [3.63, 3.8) is 0 Å². The number of rotatable bonds is 3. The van der Waals surface area contributed by atoms with Crippen LogP contribution < -0.4 is 15.0 Å². The van der Waals surface area contributed by atoms with Crippen molar-refractivity contribution in [3.8, 4) is 11.5 Å². The van der Waals surface area contributed by atoms with E-state index in [1.54, 1.807) is 0 Å². The highest BCUT2D eigenvalue weighted by Crippen LogP contribution is 2.40. The van der Waals surface area contributed by atoms with E-state index >= 15 is 0 Å². The summed E-state index contributed by atoms with van der Waals surface area (Å²) in [4.78, 5) is 14.8. The fourth-order valence-corrected chi connectivity index (χ4v) is 3.75. The number of ether oxygens (including phenoxy) is 1. The minimum absolute atomic E-state index is 0.183. The van der Waals surface area contributed by atoms with Gasteiger partial charge in [0.1, 0.15) is 11.5 Å². The van der Waals surface area contributed by atoms with Gasteiger partial charge in [0.15, 0.2) is 0 Å². The molecule has 0 saturated carbocycles. The van der Waals surface area contributed by atoms with E-state index in [0.29, 0.717) is 0 Å². The van der Waals surface area contributed by atoms with Crippen molar-refractivity contribution >= 4 is 11.6 Å². The van der Waals surface area contributed by atoms with Crippen LogP contribution in [0.3, 0.4) is 0 Å². The maximum Gasteiger partial charge on any atom is 0.234 e. The average Bonchev–Trinajstić information content (AvgIpc) is 2.94. The van der Waals surface area contributed by atoms with Crippen LogP contribution in [0.5, 0.6) is 11.5 Å². The first-order valence-corrected chi connectivity index (χ1v) is 8.63. The van der Waals surface area contributed by atoms with Gasteiger partial charge in [-0.1, -0.05) is 18.2 Å². The number of benzene rings is 2. The summed E-state index contributed by atoms with van der Waals surface area (Å²) in [5.41, 5.74) is 0.778. The van der Waals surface area contributed by atoms with Crippen LogP contribution in [0.15, 0.2) is 54.6 Å². The molecule has 24 heavy (non-hydrogen) atoms. The monoisotopic (exact) mass is 322 g/mol. The molecule has 0 radical (unpaired) electrons. The van der Waals surface area contributed by atoms with Gasteiger partial charge in [0.25, 0.3) is 0 Å². The molecule has 2 aromatic carbocycles. The van der Waals surface area contributed by atoms with E-state index in [1.807, 2.05) is 59.5 Å². The fourth-order valence-electron chi connectivity index (χ4n) is 3.75. The quantitative estimate of drug-likeness (QED) is 0.939. The summed E-state index contributed by atoms with van der Waals surface area (Å²) < 4.78 is 5.82. The molecule has 1 spiro atoms. The van der Waals surface area contributed by atoms with E-state index in [1.165, 1.54) is 0 Å². The molecule has 0 aromatic heterocycles. The zero-order valence-corrected chi connectivity index (χ0v) is 13.7. The predicted octanol–water partition coefficient (Wildman–Crippen LogP) is 3.59. The van der Waals surface area contributed by atoms with Gasteiger partial charge in [-0.05, 0) is 62.2 Å². The molecule has 0 aliphatic carbocycles. The third kappa shape index (κ3) is 2.78. The number of carbonyl (C=O) groups excluding carboxylic acids is 1. The van der Waals surface area contributed by atoms with Crippen LogP contribution in [0, 0.1) is 5.41 Å². The minimum Gasteiger partial charge on any atom is -0.457 e. The lowest BCUT2D eigenvalue weighted by Crippen LogP contribution is -2.45. The number of piperidine rings is 1. The van der Waals surface area contributed by atoms with Gasteiger partial charge in [-0.25, -0.2) is 0 Å². The lowest BCUT2D eigenvalue weighted by Gasteiger charge is -2.32. The lowest BCUT2D eigenvalue weighted by molar-refractivity contribution is -0.126. The Morgan fingerprint density at radius 1 is 0.958 bits per heavy atom. The molecule has 2 aliphatic rings. The van der Waals surface area contributed by atoms with Crippen molar-refractivity contribution < 1.29 is 9.53 Å². The standard InChI is InChI=1S/C20H22N2O2/c23-19-20(11-4-13-21-15-20)12-14-22(19)16-7-9-18(10-8-16)24-17-5-2-1-3-6-17/h1-3,5-10,21H,4,11-15H2/t20-/m0/s1. The zero-order chi connectivity index (χ0) is 16.4. The molecule has 2 aromatic rings. The van der Waals surface area contributed by atoms with Gasteiger partial charge in [0, 0.05) is 18.8 Å². The largest absolute Gasteiger partial charge is 0.457 e. The number of amides is 1. The molecule has 0 bridgehead atoms. The normalized spacial score (nSPS) is 23.7. The Morgan fingerprint density at radius 3 is 2.42 bits per heavy atom. The second-order valence-corrected chi connectivity index (χ2v) is 6.68. The molecule has 1 amide bonds. The van der Waals surface area contributed by atoms with Crippen molar-refractivity contribution in [1.82, 2.24) is 5.32 Å². The van der Waals surface area contributed by atoms with Gasteiger partial charge >= 0.3 is 0 Å². The van der Waals surface area contributed by atoms with Crippen LogP contribution in [0.25, 0.3) is 0 Å². The summed E-state index contributed by atoms with van der Waals surface area (Å²) in [6.45, 7) is 2.65. The van der Waals surface area contributed by atoms with Gasteiger partial charge in [0.2, 0.25) is 5.91 Å². The first-order valence-electron chi connectivity index (χ1n) is 8.63. The first kappa shape index (κ1) is 15.2. The van der Waals surface area contributed by atoms with Crippen LogP contribution in [0.2, 0.25) is 0 Å². The van der Waals surface area contributed by atoms with E-state index in [9.17, 15) is 4.79 Å². The summed E-state index contributed by atoms with van der Waals surface area (Å²) in [5.74, 6) is 1.87. The van der Waals surface area contributed by atoms with Crippen molar-refractivity contribution in [2.45, 2.75) is 19.3 Å². The van der Waals surface area contributed by atoms with Crippen molar-refractivity contribution in [3.05, 3.63) is 54.6 Å². The molecule has 4 rings (SSSR count). The highest BCUT2D eigenvalue weighted by atomic mass is 16.5. The topological polar surface area (TPSA) is 41.6 Å². The van der Waals surface area contributed by atoms with Crippen molar-refractivity contribution in [2.24, 2.45) is 5.41 Å². The molecule has 2 heterocycles. The summed E-state index contributed by atoms with van der Waals surface area (Å²) in [5, 5.41) is 3.39. The van der Waals surface area contributed by atoms with Gasteiger partial charge in [-0.2, -0.15) is 0 Å². The lowest BCUT2D eigenvalue weighted by atomic mass is 9.79. The van der Waals surface area contributed by atoms with Crippen LogP contribution in [0.1, 0.15) is 19.3 Å². The van der Waals surface area contributed by atoms with E-state index in [-0.39, 0.29) is 11.3 Å². The fraction of sp³-hybridized carbons (Fsp3) is 0.350. The number of para-hydroxylation sites is 1. The Kier molecular flexibility index (Phi) is 3.98. The summed E-state index contributed by atoms with van der Waals surface area (Å²) in [7, 11) is 0. The molecule has 1 N–H and O–H groups in total. The number of hydrogen-bond donors (Lipinski definition) is 1. The van der Waals surface area contributed by atoms with Crippen LogP contribution in [0.4, 0.5) is 5.69 Å². The predicted molar refractivity (Wildman–Crippen MR) is 94.5 cm³/mol. The zero-order valence-electron chi connectivity index (χ0n) is 13.7. The molecule has 4 heteroatoms. The third-order valence-corrected chi connectivity index (χ3v) is 5.11. The van der Waals surface area contributed by atoms with Crippen molar-refractivity contribution in [2.75, 3.05) is 24.5 Å². The third-order valence-electron chi connectivity index (χ3n) is 5.11. The summed E-state index contributed by atoms with van der Waals surface area (Å²) >= 11 is 0. The maximum atomic E-state index is 12.9. The Balaban J connectivity index is 1.48. The molecule has 124 valence electrons. The Morgan fingerprint density at radius 2 is 1.71 bits per heavy atom. The molecule has 0 unspecified atom stereocenters.